The smallest absolute Gasteiger partial charge is 0.387 e. The number of phenolic OH excluding ortho intramolecular Hbond substituents is 1. The normalized spacial score (nSPS) is 19.7. The largest absolute Gasteiger partial charge is 0.508 e. The summed E-state index contributed by atoms with van der Waals surface area (Å²) < 4.78 is 29.1. The zero-order chi connectivity index (χ0) is 18.2. The molecule has 1 N–H and O–H groups in total. The quantitative estimate of drug-likeness (QED) is 0.902. The van der Waals surface area contributed by atoms with Crippen molar-refractivity contribution in [2.75, 3.05) is 7.05 Å². The zero-order valence-corrected chi connectivity index (χ0v) is 13.7. The molecule has 5 nitrogen and oxygen atoms in total. The third-order valence-electron chi connectivity index (χ3n) is 3.88. The lowest BCUT2D eigenvalue weighted by molar-refractivity contribution is -0.129. The fourth-order valence-electron chi connectivity index (χ4n) is 2.75. The van der Waals surface area contributed by atoms with Crippen molar-refractivity contribution in [3.8, 4) is 11.5 Å². The van der Waals surface area contributed by atoms with E-state index < -0.39 is 12.2 Å². The van der Waals surface area contributed by atoms with Gasteiger partial charge in [0.2, 0.25) is 0 Å². The van der Waals surface area contributed by atoms with Crippen LogP contribution in [-0.4, -0.2) is 35.9 Å². The van der Waals surface area contributed by atoms with Crippen molar-refractivity contribution in [2.45, 2.75) is 12.2 Å². The van der Waals surface area contributed by atoms with Crippen LogP contribution in [0, 0.1) is 0 Å². The summed E-state index contributed by atoms with van der Waals surface area (Å²) in [4.78, 5) is 18.5. The van der Waals surface area contributed by atoms with Crippen molar-refractivity contribution < 1.29 is 23.4 Å². The Morgan fingerprint density at radius 2 is 1.96 bits per heavy atom. The summed E-state index contributed by atoms with van der Waals surface area (Å²) in [7, 11) is 1.55. The van der Waals surface area contributed by atoms with Gasteiger partial charge in [0, 0.05) is 7.05 Å². The second-order valence-corrected chi connectivity index (χ2v) is 5.85. The van der Waals surface area contributed by atoms with Crippen molar-refractivity contribution in [3.63, 3.8) is 0 Å². The maximum atomic E-state index is 12.8. The van der Waals surface area contributed by atoms with Crippen LogP contribution in [-0.2, 0) is 10.3 Å². The SMILES string of the molecule is CN1C=NC(c2cccc(O)c2)(c2ccc(OC(F)F)c(Cl)c2)C1=O. The molecule has 1 aliphatic heterocycles. The van der Waals surface area contributed by atoms with E-state index in [2.05, 4.69) is 9.73 Å². The van der Waals surface area contributed by atoms with E-state index in [1.807, 2.05) is 0 Å². The monoisotopic (exact) mass is 366 g/mol. The Bertz CT molecular complexity index is 860. The maximum absolute atomic E-state index is 12.8. The van der Waals surface area contributed by atoms with E-state index in [9.17, 15) is 18.7 Å². The predicted molar refractivity (Wildman–Crippen MR) is 88.2 cm³/mol. The fourth-order valence-corrected chi connectivity index (χ4v) is 2.97. The van der Waals surface area contributed by atoms with Crippen molar-refractivity contribution in [1.82, 2.24) is 4.90 Å². The highest BCUT2D eigenvalue weighted by molar-refractivity contribution is 6.32. The molecule has 3 rings (SSSR count). The van der Waals surface area contributed by atoms with E-state index in [0.717, 1.165) is 0 Å². The number of phenols is 1. The van der Waals surface area contributed by atoms with E-state index in [1.165, 1.54) is 41.6 Å². The van der Waals surface area contributed by atoms with Gasteiger partial charge in [-0.25, -0.2) is 4.99 Å². The van der Waals surface area contributed by atoms with Gasteiger partial charge in [-0.2, -0.15) is 8.78 Å². The lowest BCUT2D eigenvalue weighted by Crippen LogP contribution is -2.38. The molecule has 130 valence electrons. The van der Waals surface area contributed by atoms with Crippen LogP contribution in [0.2, 0.25) is 5.02 Å². The molecular formula is C17H13ClF2N2O3. The third-order valence-corrected chi connectivity index (χ3v) is 4.18. The highest BCUT2D eigenvalue weighted by Crippen LogP contribution is 2.41. The molecule has 2 aromatic rings. The Morgan fingerprint density at radius 3 is 2.52 bits per heavy atom. The second-order valence-electron chi connectivity index (χ2n) is 5.45. The Labute approximate surface area is 147 Å². The first-order valence-corrected chi connectivity index (χ1v) is 7.59. The van der Waals surface area contributed by atoms with Crippen molar-refractivity contribution >= 4 is 23.8 Å². The molecule has 0 spiro atoms. The molecule has 0 fully saturated rings. The van der Waals surface area contributed by atoms with Crippen LogP contribution < -0.4 is 4.74 Å². The first-order chi connectivity index (χ1) is 11.8. The van der Waals surface area contributed by atoms with Crippen molar-refractivity contribution in [2.24, 2.45) is 4.99 Å². The molecule has 8 heteroatoms. The van der Waals surface area contributed by atoms with Crippen LogP contribution in [0.15, 0.2) is 47.5 Å². The summed E-state index contributed by atoms with van der Waals surface area (Å²) in [6.45, 7) is -3.01. The number of amides is 1. The zero-order valence-electron chi connectivity index (χ0n) is 13.0. The number of benzene rings is 2. The third kappa shape index (κ3) is 2.91. The summed E-state index contributed by atoms with van der Waals surface area (Å²) >= 11 is 6.03. The van der Waals surface area contributed by atoms with Gasteiger partial charge in [-0.05, 0) is 35.4 Å². The Morgan fingerprint density at radius 1 is 1.24 bits per heavy atom. The first-order valence-electron chi connectivity index (χ1n) is 7.21. The van der Waals surface area contributed by atoms with E-state index in [-0.39, 0.29) is 22.4 Å². The number of nitrogens with zero attached hydrogens (tertiary/aromatic N) is 2. The lowest BCUT2D eigenvalue weighted by Gasteiger charge is -2.27. The predicted octanol–water partition coefficient (Wildman–Crippen LogP) is 3.39. The average Bonchev–Trinajstić information content (AvgIpc) is 2.86. The first kappa shape index (κ1) is 17.2. The fraction of sp³-hybridized carbons (Fsp3) is 0.176. The van der Waals surface area contributed by atoms with Crippen LogP contribution in [0.5, 0.6) is 11.5 Å². The van der Waals surface area contributed by atoms with Gasteiger partial charge in [-0.15, -0.1) is 0 Å². The van der Waals surface area contributed by atoms with Crippen LogP contribution in [0.3, 0.4) is 0 Å². The van der Waals surface area contributed by atoms with E-state index in [0.29, 0.717) is 11.1 Å². The summed E-state index contributed by atoms with van der Waals surface area (Å²) in [6, 6.07) is 10.2. The number of likely N-dealkylation sites (N-methyl/N-ethyl adjacent to an activating group) is 1. The number of halogens is 3. The molecule has 0 bridgehead atoms. The molecule has 0 radical (unpaired) electrons. The Hall–Kier alpha value is -2.67. The molecular weight excluding hydrogens is 354 g/mol. The van der Waals surface area contributed by atoms with Crippen LogP contribution in [0.1, 0.15) is 11.1 Å². The number of aliphatic imine (C=N–C) groups is 1. The maximum Gasteiger partial charge on any atom is 0.387 e. The number of carbonyl (C=O) groups excluding carboxylic acids is 1. The molecule has 1 unspecified atom stereocenters. The number of hydrogen-bond acceptors (Lipinski definition) is 4. The van der Waals surface area contributed by atoms with E-state index in [1.54, 1.807) is 19.2 Å². The molecule has 0 saturated heterocycles. The highest BCUT2D eigenvalue weighted by Gasteiger charge is 2.47. The minimum atomic E-state index is -3.01. The lowest BCUT2D eigenvalue weighted by atomic mass is 9.82. The van der Waals surface area contributed by atoms with Crippen LogP contribution in [0.4, 0.5) is 8.78 Å². The molecule has 2 aromatic carbocycles. The van der Waals surface area contributed by atoms with Crippen LogP contribution >= 0.6 is 11.6 Å². The van der Waals surface area contributed by atoms with Gasteiger partial charge < -0.3 is 14.7 Å². The van der Waals surface area contributed by atoms with E-state index >= 15 is 0 Å². The minimum Gasteiger partial charge on any atom is -0.508 e. The average molecular weight is 367 g/mol. The molecule has 25 heavy (non-hydrogen) atoms. The van der Waals surface area contributed by atoms with Gasteiger partial charge in [-0.3, -0.25) is 4.79 Å². The Balaban J connectivity index is 2.16. The molecule has 0 aliphatic carbocycles. The number of alkyl halides is 2. The van der Waals surface area contributed by atoms with E-state index in [4.69, 9.17) is 11.6 Å². The second kappa shape index (κ2) is 6.33. The molecule has 1 heterocycles. The number of carbonyl (C=O) groups is 1. The summed E-state index contributed by atoms with van der Waals surface area (Å²) in [5.74, 6) is -0.593. The number of hydrogen-bond donors (Lipinski definition) is 1. The molecule has 0 aromatic heterocycles. The van der Waals surface area contributed by atoms with Crippen LogP contribution in [0.25, 0.3) is 0 Å². The summed E-state index contributed by atoms with van der Waals surface area (Å²) in [5, 5.41) is 9.70. The number of ether oxygens (including phenoxy) is 1. The minimum absolute atomic E-state index is 0.0295. The standard InChI is InChI=1S/C17H13ClF2N2O3/c1-22-9-21-17(15(22)24,10-3-2-4-12(23)7-10)11-5-6-14(13(18)8-11)25-16(19)20/h2-9,16,23H,1H3. The van der Waals surface area contributed by atoms with Gasteiger partial charge in [-0.1, -0.05) is 29.8 Å². The van der Waals surface area contributed by atoms with Gasteiger partial charge in [0.25, 0.3) is 5.91 Å². The number of aromatic hydroxyl groups is 1. The summed E-state index contributed by atoms with van der Waals surface area (Å²) in [6.07, 6.45) is 1.36. The van der Waals surface area contributed by atoms with Gasteiger partial charge in [0.05, 0.1) is 11.4 Å². The molecule has 0 saturated carbocycles. The van der Waals surface area contributed by atoms with Gasteiger partial charge in [0.15, 0.2) is 5.54 Å². The van der Waals surface area contributed by atoms with Crippen molar-refractivity contribution in [1.29, 1.82) is 0 Å². The number of rotatable bonds is 4. The molecule has 1 aliphatic rings. The molecule has 1 atom stereocenters. The van der Waals surface area contributed by atoms with Gasteiger partial charge in [0.1, 0.15) is 11.5 Å². The Kier molecular flexibility index (Phi) is 4.34. The van der Waals surface area contributed by atoms with Gasteiger partial charge >= 0.3 is 6.61 Å². The summed E-state index contributed by atoms with van der Waals surface area (Å²) in [5.41, 5.74) is -0.660. The highest BCUT2D eigenvalue weighted by atomic mass is 35.5. The van der Waals surface area contributed by atoms with Crippen molar-refractivity contribution in [3.05, 3.63) is 58.6 Å². The topological polar surface area (TPSA) is 62.1 Å². The molecule has 1 amide bonds.